The molecule has 3 aliphatic rings. The molecule has 1 atom stereocenters. The van der Waals surface area contributed by atoms with Crippen LogP contribution in [0.4, 0.5) is 5.69 Å². The molecular weight excluding hydrogens is 396 g/mol. The lowest BCUT2D eigenvalue weighted by atomic mass is 9.93. The largest absolute Gasteiger partial charge is 0.341 e. The van der Waals surface area contributed by atoms with Gasteiger partial charge in [0.15, 0.2) is 0 Å². The maximum absolute atomic E-state index is 3.88. The fraction of sp³-hybridized carbons (Fsp3) is 0.214. The topological polar surface area (TPSA) is 15.3 Å². The summed E-state index contributed by atoms with van der Waals surface area (Å²) in [5.41, 5.74) is 5.08. The van der Waals surface area contributed by atoms with Crippen LogP contribution in [0.2, 0.25) is 0 Å². The van der Waals surface area contributed by atoms with E-state index in [0.717, 1.165) is 0 Å². The first-order chi connectivity index (χ1) is 15.3. The zero-order valence-corrected chi connectivity index (χ0v) is 18.3. The molecule has 1 spiro atoms. The Labute approximate surface area is 188 Å². The highest BCUT2D eigenvalue weighted by atomic mass is 32.2. The van der Waals surface area contributed by atoms with E-state index in [2.05, 4.69) is 119 Å². The summed E-state index contributed by atoms with van der Waals surface area (Å²) in [7, 11) is 0. The van der Waals surface area contributed by atoms with E-state index in [0.29, 0.717) is 0 Å². The summed E-state index contributed by atoms with van der Waals surface area (Å²) < 4.78 is 0. The van der Waals surface area contributed by atoms with Crippen LogP contribution in [0, 0.1) is 0 Å². The second-order valence-electron chi connectivity index (χ2n) is 8.60. The molecule has 0 aromatic heterocycles. The summed E-state index contributed by atoms with van der Waals surface area (Å²) in [5, 5.41) is 3.88. The molecule has 1 fully saturated rings. The minimum absolute atomic E-state index is 0.117. The van der Waals surface area contributed by atoms with Crippen LogP contribution in [0.5, 0.6) is 0 Å². The molecule has 1 unspecified atom stereocenters. The standard InChI is InChI=1S/C28H26N2S/c1-4-12-21(13-5-1)24-20-25(22-14-6-2-7-15-22)29-27-26(24)31-28(18-10-11-19-28)30(27)23-16-8-3-9-17-23/h1-9,12-17,20,24,29H,10-11,18-19H2. The summed E-state index contributed by atoms with van der Waals surface area (Å²) in [4.78, 5) is 4.19. The van der Waals surface area contributed by atoms with Gasteiger partial charge in [-0.1, -0.05) is 103 Å². The molecule has 3 aromatic rings. The highest BCUT2D eigenvalue weighted by Crippen LogP contribution is 2.60. The normalized spacial score (nSPS) is 21.7. The Morgan fingerprint density at radius 2 is 1.39 bits per heavy atom. The minimum Gasteiger partial charge on any atom is -0.341 e. The fourth-order valence-electron chi connectivity index (χ4n) is 5.24. The SMILES string of the molecule is C1=C(c2ccccc2)NC2=C(SC3(CCCC3)N2c2ccccc2)C1c1ccccc1. The van der Waals surface area contributed by atoms with Crippen LogP contribution < -0.4 is 10.2 Å². The Kier molecular flexibility index (Phi) is 4.65. The van der Waals surface area contributed by atoms with E-state index in [1.807, 2.05) is 0 Å². The first kappa shape index (κ1) is 18.8. The smallest absolute Gasteiger partial charge is 0.122 e. The lowest BCUT2D eigenvalue weighted by molar-refractivity contribution is 0.595. The molecule has 31 heavy (non-hydrogen) atoms. The molecule has 154 valence electrons. The highest BCUT2D eigenvalue weighted by molar-refractivity contribution is 8.04. The van der Waals surface area contributed by atoms with Gasteiger partial charge in [-0.05, 0) is 42.2 Å². The van der Waals surface area contributed by atoms with Crippen LogP contribution in [0.1, 0.15) is 42.7 Å². The lowest BCUT2D eigenvalue weighted by Crippen LogP contribution is -2.43. The molecule has 1 aliphatic carbocycles. The summed E-state index contributed by atoms with van der Waals surface area (Å²) >= 11 is 2.11. The van der Waals surface area contributed by atoms with Gasteiger partial charge in [0.2, 0.25) is 0 Å². The number of hydrogen-bond donors (Lipinski definition) is 1. The summed E-state index contributed by atoms with van der Waals surface area (Å²) in [6.45, 7) is 0. The molecule has 1 saturated carbocycles. The first-order valence-electron chi connectivity index (χ1n) is 11.2. The van der Waals surface area contributed by atoms with E-state index in [-0.39, 0.29) is 10.8 Å². The Bertz CT molecular complexity index is 1130. The number of rotatable bonds is 3. The number of allylic oxidation sites excluding steroid dienone is 2. The molecule has 0 radical (unpaired) electrons. The molecule has 2 nitrogen and oxygen atoms in total. The number of dihydropyridines is 1. The van der Waals surface area contributed by atoms with Crippen LogP contribution >= 0.6 is 11.8 Å². The van der Waals surface area contributed by atoms with Gasteiger partial charge in [0.1, 0.15) is 5.82 Å². The monoisotopic (exact) mass is 422 g/mol. The van der Waals surface area contributed by atoms with Gasteiger partial charge in [-0.15, -0.1) is 0 Å². The molecule has 3 heteroatoms. The van der Waals surface area contributed by atoms with Crippen molar-refractivity contribution in [2.24, 2.45) is 0 Å². The van der Waals surface area contributed by atoms with Crippen LogP contribution in [0.15, 0.2) is 108 Å². The third-order valence-electron chi connectivity index (χ3n) is 6.68. The van der Waals surface area contributed by atoms with Crippen LogP contribution in [-0.2, 0) is 0 Å². The van der Waals surface area contributed by atoms with Crippen LogP contribution in [0.25, 0.3) is 5.70 Å². The van der Waals surface area contributed by atoms with Gasteiger partial charge < -0.3 is 10.2 Å². The predicted octanol–water partition coefficient (Wildman–Crippen LogP) is 7.11. The van der Waals surface area contributed by atoms with Crippen molar-refractivity contribution in [1.29, 1.82) is 0 Å². The lowest BCUT2D eigenvalue weighted by Gasteiger charge is -2.38. The molecule has 2 aliphatic heterocycles. The number of hydrogen-bond acceptors (Lipinski definition) is 3. The third-order valence-corrected chi connectivity index (χ3v) is 8.31. The van der Waals surface area contributed by atoms with Crippen molar-refractivity contribution in [2.45, 2.75) is 36.5 Å². The van der Waals surface area contributed by atoms with Crippen molar-refractivity contribution in [1.82, 2.24) is 5.32 Å². The minimum atomic E-state index is 0.117. The van der Waals surface area contributed by atoms with Gasteiger partial charge in [-0.3, -0.25) is 0 Å². The Morgan fingerprint density at radius 1 is 0.774 bits per heavy atom. The number of anilines is 1. The zero-order valence-electron chi connectivity index (χ0n) is 17.5. The number of benzene rings is 3. The van der Waals surface area contributed by atoms with E-state index < -0.39 is 0 Å². The number of thioether (sulfide) groups is 1. The Morgan fingerprint density at radius 3 is 2.06 bits per heavy atom. The molecule has 2 heterocycles. The average Bonchev–Trinajstić information content (AvgIpc) is 3.44. The van der Waals surface area contributed by atoms with Crippen molar-refractivity contribution in [3.05, 3.63) is 119 Å². The highest BCUT2D eigenvalue weighted by Gasteiger charge is 2.51. The van der Waals surface area contributed by atoms with Crippen LogP contribution in [0.3, 0.4) is 0 Å². The number of nitrogens with one attached hydrogen (secondary N) is 1. The molecular formula is C28H26N2S. The van der Waals surface area contributed by atoms with Crippen molar-refractivity contribution in [2.75, 3.05) is 4.90 Å². The maximum Gasteiger partial charge on any atom is 0.122 e. The Hall–Kier alpha value is -2.91. The first-order valence-corrected chi connectivity index (χ1v) is 12.0. The van der Waals surface area contributed by atoms with Crippen molar-refractivity contribution in [3.8, 4) is 0 Å². The third kappa shape index (κ3) is 3.19. The molecule has 3 aromatic carbocycles. The molecule has 6 rings (SSSR count). The van der Waals surface area contributed by atoms with Crippen LogP contribution in [-0.4, -0.2) is 4.87 Å². The van der Waals surface area contributed by atoms with Gasteiger partial charge in [-0.25, -0.2) is 0 Å². The number of para-hydroxylation sites is 1. The summed E-state index contributed by atoms with van der Waals surface area (Å²) in [5.74, 6) is 1.54. The summed E-state index contributed by atoms with van der Waals surface area (Å²) in [6, 6.07) is 32.7. The molecule has 0 bridgehead atoms. The second-order valence-corrected chi connectivity index (χ2v) is 10.0. The number of nitrogens with zero attached hydrogens (tertiary/aromatic N) is 1. The molecule has 0 amide bonds. The van der Waals surface area contributed by atoms with E-state index in [1.165, 1.54) is 58.9 Å². The van der Waals surface area contributed by atoms with Gasteiger partial charge in [0, 0.05) is 22.2 Å². The predicted molar refractivity (Wildman–Crippen MR) is 131 cm³/mol. The Balaban J connectivity index is 1.52. The van der Waals surface area contributed by atoms with Crippen molar-refractivity contribution < 1.29 is 0 Å². The molecule has 1 N–H and O–H groups in total. The molecule has 0 saturated heterocycles. The summed E-state index contributed by atoms with van der Waals surface area (Å²) in [6.07, 6.45) is 7.47. The van der Waals surface area contributed by atoms with Gasteiger partial charge >= 0.3 is 0 Å². The van der Waals surface area contributed by atoms with Gasteiger partial charge in [0.25, 0.3) is 0 Å². The van der Waals surface area contributed by atoms with Crippen molar-refractivity contribution >= 4 is 23.1 Å². The fourth-order valence-corrected chi connectivity index (χ4v) is 7.00. The average molecular weight is 423 g/mol. The van der Waals surface area contributed by atoms with Gasteiger partial charge in [0.05, 0.1) is 4.87 Å². The zero-order chi connectivity index (χ0) is 20.7. The van der Waals surface area contributed by atoms with E-state index in [1.54, 1.807) is 0 Å². The quantitative estimate of drug-likeness (QED) is 0.484. The maximum atomic E-state index is 3.88. The van der Waals surface area contributed by atoms with Gasteiger partial charge in [-0.2, -0.15) is 0 Å². The van der Waals surface area contributed by atoms with E-state index in [9.17, 15) is 0 Å². The van der Waals surface area contributed by atoms with Crippen molar-refractivity contribution in [3.63, 3.8) is 0 Å². The van der Waals surface area contributed by atoms with E-state index >= 15 is 0 Å². The van der Waals surface area contributed by atoms with E-state index in [4.69, 9.17) is 0 Å². The second kappa shape index (κ2) is 7.65.